The summed E-state index contributed by atoms with van der Waals surface area (Å²) in [5.74, 6) is 3.59. The van der Waals surface area contributed by atoms with Crippen LogP contribution in [0.5, 0.6) is 0 Å². The Bertz CT molecular complexity index is 767. The van der Waals surface area contributed by atoms with Crippen LogP contribution in [0.4, 0.5) is 0 Å². The number of carbonyl (C=O) groups excluding carboxylic acids is 2. The Kier molecular flexibility index (Phi) is 6.00. The average Bonchev–Trinajstić information content (AvgIpc) is 2.62. The Hall–Kier alpha value is -2.77. The monoisotopic (exact) mass is 342 g/mol. The molecule has 122 valence electrons. The lowest BCUT2D eigenvalue weighted by Crippen LogP contribution is -2.24. The Labute approximate surface area is 145 Å². The van der Waals surface area contributed by atoms with E-state index in [0.717, 1.165) is 11.1 Å². The molecule has 5 heteroatoms. The van der Waals surface area contributed by atoms with Crippen molar-refractivity contribution in [2.75, 3.05) is 14.2 Å². The van der Waals surface area contributed by atoms with Crippen LogP contribution in [0.3, 0.4) is 0 Å². The van der Waals surface area contributed by atoms with Gasteiger partial charge in [-0.25, -0.2) is 0 Å². The molecular weight excluding hydrogens is 328 g/mol. The van der Waals surface area contributed by atoms with Gasteiger partial charge in [0.2, 0.25) is 0 Å². The summed E-state index contributed by atoms with van der Waals surface area (Å²) in [4.78, 5) is 23.5. The van der Waals surface area contributed by atoms with Crippen molar-refractivity contribution < 1.29 is 19.1 Å². The van der Waals surface area contributed by atoms with Crippen molar-refractivity contribution in [3.8, 4) is 11.8 Å². The minimum absolute atomic E-state index is 0.491. The minimum atomic E-state index is -1.10. The number of ether oxygens (including phenoxy) is 2. The number of methoxy groups -OCH3 is 2. The zero-order chi connectivity index (χ0) is 17.5. The van der Waals surface area contributed by atoms with Crippen LogP contribution >= 0.6 is 11.6 Å². The first kappa shape index (κ1) is 17.6. The topological polar surface area (TPSA) is 52.6 Å². The predicted molar refractivity (Wildman–Crippen MR) is 90.6 cm³/mol. The number of esters is 2. The largest absolute Gasteiger partial charge is 0.468 e. The molecule has 0 amide bonds. The highest BCUT2D eigenvalue weighted by molar-refractivity contribution is 6.30. The lowest BCUT2D eigenvalue weighted by molar-refractivity contribution is -0.154. The highest BCUT2D eigenvalue weighted by Gasteiger charge is 2.30. The number of rotatable bonds is 3. The molecule has 2 rings (SSSR count). The molecule has 0 aliphatic heterocycles. The van der Waals surface area contributed by atoms with Crippen molar-refractivity contribution in [3.05, 3.63) is 70.2 Å². The molecular formula is C19H15ClO4. The van der Waals surface area contributed by atoms with Gasteiger partial charge in [0.05, 0.1) is 14.2 Å². The predicted octanol–water partition coefficient (Wildman–Crippen LogP) is 3.17. The van der Waals surface area contributed by atoms with E-state index in [1.807, 2.05) is 12.1 Å². The molecule has 2 aromatic rings. The molecule has 0 bridgehead atoms. The van der Waals surface area contributed by atoms with E-state index < -0.39 is 17.9 Å². The molecule has 4 nitrogen and oxygen atoms in total. The number of hydrogen-bond acceptors (Lipinski definition) is 4. The molecule has 0 spiro atoms. The summed E-state index contributed by atoms with van der Waals surface area (Å²) in [5, 5.41) is 0.654. The molecule has 2 aromatic carbocycles. The van der Waals surface area contributed by atoms with Crippen LogP contribution in [0.2, 0.25) is 5.02 Å². The molecule has 0 aliphatic rings. The summed E-state index contributed by atoms with van der Waals surface area (Å²) < 4.78 is 9.31. The van der Waals surface area contributed by atoms with Gasteiger partial charge in [-0.3, -0.25) is 9.59 Å². The maximum atomic E-state index is 11.8. The molecule has 0 saturated heterocycles. The number of benzene rings is 2. The van der Waals surface area contributed by atoms with Gasteiger partial charge in [0, 0.05) is 16.1 Å². The Morgan fingerprint density at radius 3 is 1.67 bits per heavy atom. The first-order valence-electron chi connectivity index (χ1n) is 7.08. The number of halogens is 1. The highest BCUT2D eigenvalue weighted by atomic mass is 35.5. The van der Waals surface area contributed by atoms with Crippen LogP contribution in [0.25, 0.3) is 0 Å². The van der Waals surface area contributed by atoms with E-state index in [-0.39, 0.29) is 0 Å². The van der Waals surface area contributed by atoms with Gasteiger partial charge in [0.25, 0.3) is 0 Å². The second kappa shape index (κ2) is 8.19. The molecule has 0 atom stereocenters. The lowest BCUT2D eigenvalue weighted by Gasteiger charge is -2.12. The Balaban J connectivity index is 2.22. The van der Waals surface area contributed by atoms with E-state index >= 15 is 0 Å². The summed E-state index contributed by atoms with van der Waals surface area (Å²) in [5.41, 5.74) is 2.08. The van der Waals surface area contributed by atoms with Crippen LogP contribution in [0.15, 0.2) is 48.5 Å². The molecule has 0 aromatic heterocycles. The van der Waals surface area contributed by atoms with Crippen molar-refractivity contribution >= 4 is 23.5 Å². The van der Waals surface area contributed by atoms with Crippen molar-refractivity contribution in [1.29, 1.82) is 0 Å². The van der Waals surface area contributed by atoms with Gasteiger partial charge in [-0.1, -0.05) is 35.6 Å². The smallest absolute Gasteiger partial charge is 0.324 e. The first-order valence-corrected chi connectivity index (χ1v) is 7.46. The average molecular weight is 343 g/mol. The van der Waals surface area contributed by atoms with E-state index in [2.05, 4.69) is 21.3 Å². The zero-order valence-electron chi connectivity index (χ0n) is 13.2. The Morgan fingerprint density at radius 2 is 1.25 bits per heavy atom. The fourth-order valence-electron chi connectivity index (χ4n) is 2.04. The normalized spacial score (nSPS) is 9.83. The second-order valence-electron chi connectivity index (χ2n) is 4.86. The van der Waals surface area contributed by atoms with E-state index in [9.17, 15) is 9.59 Å². The molecule has 0 unspecified atom stereocenters. The van der Waals surface area contributed by atoms with Crippen molar-refractivity contribution in [2.45, 2.75) is 5.92 Å². The first-order chi connectivity index (χ1) is 11.5. The van der Waals surface area contributed by atoms with Crippen molar-refractivity contribution in [1.82, 2.24) is 0 Å². The SMILES string of the molecule is COC(=O)C(C(=O)OC)c1ccc(C#Cc2ccc(Cl)cc2)cc1. The molecule has 0 fully saturated rings. The lowest BCUT2D eigenvalue weighted by atomic mass is 9.98. The summed E-state index contributed by atoms with van der Waals surface area (Å²) in [7, 11) is 2.45. The third-order valence-electron chi connectivity index (χ3n) is 3.31. The third kappa shape index (κ3) is 4.37. The van der Waals surface area contributed by atoms with Crippen LogP contribution in [-0.2, 0) is 19.1 Å². The fraction of sp³-hybridized carbons (Fsp3) is 0.158. The number of carbonyl (C=O) groups is 2. The summed E-state index contributed by atoms with van der Waals surface area (Å²) in [6.07, 6.45) is 0. The molecule has 0 saturated carbocycles. The molecule has 24 heavy (non-hydrogen) atoms. The van der Waals surface area contributed by atoms with Crippen molar-refractivity contribution in [2.24, 2.45) is 0 Å². The van der Waals surface area contributed by atoms with Gasteiger partial charge in [-0.15, -0.1) is 0 Å². The van der Waals surface area contributed by atoms with E-state index in [4.69, 9.17) is 11.6 Å². The quantitative estimate of drug-likeness (QED) is 0.488. The van der Waals surface area contributed by atoms with Crippen molar-refractivity contribution in [3.63, 3.8) is 0 Å². The maximum Gasteiger partial charge on any atom is 0.324 e. The highest BCUT2D eigenvalue weighted by Crippen LogP contribution is 2.19. The van der Waals surface area contributed by atoms with Crippen LogP contribution in [0.1, 0.15) is 22.6 Å². The van der Waals surface area contributed by atoms with Gasteiger partial charge in [-0.2, -0.15) is 0 Å². The fourth-order valence-corrected chi connectivity index (χ4v) is 2.17. The summed E-state index contributed by atoms with van der Waals surface area (Å²) >= 11 is 5.83. The van der Waals surface area contributed by atoms with Gasteiger partial charge in [-0.05, 0) is 42.0 Å². The van der Waals surface area contributed by atoms with Gasteiger partial charge in [0.1, 0.15) is 0 Å². The minimum Gasteiger partial charge on any atom is -0.468 e. The summed E-state index contributed by atoms with van der Waals surface area (Å²) in [6, 6.07) is 14.0. The maximum absolute atomic E-state index is 11.8. The number of hydrogen-bond donors (Lipinski definition) is 0. The van der Waals surface area contributed by atoms with E-state index in [1.54, 1.807) is 36.4 Å². The second-order valence-corrected chi connectivity index (χ2v) is 5.29. The van der Waals surface area contributed by atoms with E-state index in [0.29, 0.717) is 10.6 Å². The van der Waals surface area contributed by atoms with Crippen LogP contribution < -0.4 is 0 Å². The summed E-state index contributed by atoms with van der Waals surface area (Å²) in [6.45, 7) is 0. The van der Waals surface area contributed by atoms with Crippen LogP contribution in [-0.4, -0.2) is 26.2 Å². The molecule has 0 N–H and O–H groups in total. The zero-order valence-corrected chi connectivity index (χ0v) is 14.0. The third-order valence-corrected chi connectivity index (χ3v) is 3.57. The molecule has 0 heterocycles. The Morgan fingerprint density at radius 1 is 0.833 bits per heavy atom. The standard InChI is InChI=1S/C19H15ClO4/c1-23-18(21)17(19(22)24-2)15-9-5-13(6-10-15)3-4-14-7-11-16(20)12-8-14/h5-12,17H,1-2H3. The van der Waals surface area contributed by atoms with Gasteiger partial charge < -0.3 is 9.47 Å². The van der Waals surface area contributed by atoms with Gasteiger partial charge in [0.15, 0.2) is 5.92 Å². The van der Waals surface area contributed by atoms with Crippen LogP contribution in [0, 0.1) is 11.8 Å². The molecule has 0 radical (unpaired) electrons. The molecule has 0 aliphatic carbocycles. The van der Waals surface area contributed by atoms with Gasteiger partial charge >= 0.3 is 11.9 Å². The van der Waals surface area contributed by atoms with E-state index in [1.165, 1.54) is 14.2 Å².